The molecule has 1 unspecified atom stereocenters. The van der Waals surface area contributed by atoms with E-state index in [1.54, 1.807) is 7.11 Å². The van der Waals surface area contributed by atoms with Crippen LogP contribution in [0.2, 0.25) is 0 Å². The molecule has 4 nitrogen and oxygen atoms in total. The number of halogens is 1. The summed E-state index contributed by atoms with van der Waals surface area (Å²) in [6.45, 7) is 4.20. The van der Waals surface area contributed by atoms with Crippen LogP contribution in [-0.2, 0) is 5.54 Å². The average molecular weight is 294 g/mol. The number of pyridine rings is 1. The van der Waals surface area contributed by atoms with Crippen molar-refractivity contribution in [1.82, 2.24) is 14.5 Å². The Morgan fingerprint density at radius 3 is 2.65 bits per heavy atom. The maximum atomic E-state index is 6.36. The van der Waals surface area contributed by atoms with Gasteiger partial charge in [-0.15, -0.1) is 11.6 Å². The van der Waals surface area contributed by atoms with Crippen LogP contribution in [0.3, 0.4) is 0 Å². The van der Waals surface area contributed by atoms with Gasteiger partial charge in [0.1, 0.15) is 11.3 Å². The van der Waals surface area contributed by atoms with Crippen LogP contribution in [0.15, 0.2) is 12.1 Å². The Balaban J connectivity index is 2.27. The fourth-order valence-corrected chi connectivity index (χ4v) is 3.27. The second kappa shape index (κ2) is 4.92. The van der Waals surface area contributed by atoms with Gasteiger partial charge in [-0.25, -0.2) is 4.98 Å². The number of hydrogen-bond acceptors (Lipinski definition) is 3. The highest BCUT2D eigenvalue weighted by Gasteiger charge is 2.40. The highest BCUT2D eigenvalue weighted by molar-refractivity contribution is 6.20. The molecule has 0 radical (unpaired) electrons. The minimum atomic E-state index is -0.126. The van der Waals surface area contributed by atoms with E-state index in [1.807, 2.05) is 19.1 Å². The van der Waals surface area contributed by atoms with Gasteiger partial charge in [0.2, 0.25) is 5.88 Å². The van der Waals surface area contributed by atoms with E-state index in [2.05, 4.69) is 16.5 Å². The molecule has 20 heavy (non-hydrogen) atoms. The molecule has 1 fully saturated rings. The van der Waals surface area contributed by atoms with Crippen molar-refractivity contribution in [3.05, 3.63) is 18.0 Å². The van der Waals surface area contributed by atoms with Gasteiger partial charge in [-0.1, -0.05) is 6.92 Å². The molecule has 5 heteroatoms. The first-order valence-electron chi connectivity index (χ1n) is 7.19. The van der Waals surface area contributed by atoms with E-state index in [4.69, 9.17) is 21.3 Å². The fraction of sp³-hybridized carbons (Fsp3) is 0.600. The number of hydrogen-bond donors (Lipinski definition) is 0. The van der Waals surface area contributed by atoms with Gasteiger partial charge in [0.15, 0.2) is 5.65 Å². The maximum Gasteiger partial charge on any atom is 0.215 e. The normalized spacial score (nSPS) is 18.8. The number of rotatable bonds is 4. The van der Waals surface area contributed by atoms with Crippen molar-refractivity contribution in [3.63, 3.8) is 0 Å². The van der Waals surface area contributed by atoms with Crippen molar-refractivity contribution >= 4 is 22.8 Å². The molecule has 1 aliphatic rings. The summed E-state index contributed by atoms with van der Waals surface area (Å²) in [7, 11) is 1.64. The lowest BCUT2D eigenvalue weighted by Crippen LogP contribution is -2.41. The van der Waals surface area contributed by atoms with Gasteiger partial charge in [-0.2, -0.15) is 4.98 Å². The lowest BCUT2D eigenvalue weighted by atomic mass is 9.74. The Morgan fingerprint density at radius 2 is 2.15 bits per heavy atom. The van der Waals surface area contributed by atoms with Crippen LogP contribution in [0.4, 0.5) is 0 Å². The third kappa shape index (κ3) is 1.89. The first-order chi connectivity index (χ1) is 9.61. The quantitative estimate of drug-likeness (QED) is 0.799. The summed E-state index contributed by atoms with van der Waals surface area (Å²) in [6, 6.07) is 3.81. The van der Waals surface area contributed by atoms with Crippen LogP contribution >= 0.6 is 11.6 Å². The van der Waals surface area contributed by atoms with Gasteiger partial charge in [0, 0.05) is 11.6 Å². The summed E-state index contributed by atoms with van der Waals surface area (Å²) in [5.41, 5.74) is 1.92. The summed E-state index contributed by atoms with van der Waals surface area (Å²) in [5, 5.41) is -0.126. The van der Waals surface area contributed by atoms with Crippen molar-refractivity contribution in [2.75, 3.05) is 7.11 Å². The molecule has 0 aromatic carbocycles. The highest BCUT2D eigenvalue weighted by Crippen LogP contribution is 2.45. The average Bonchev–Trinajstić information content (AvgIpc) is 2.78. The first-order valence-corrected chi connectivity index (χ1v) is 7.63. The fourth-order valence-electron chi connectivity index (χ4n) is 3.13. The van der Waals surface area contributed by atoms with Crippen LogP contribution in [0.5, 0.6) is 5.88 Å². The lowest BCUT2D eigenvalue weighted by molar-refractivity contribution is 0.136. The number of nitrogens with zero attached hydrogens (tertiary/aromatic N) is 3. The minimum absolute atomic E-state index is 0.126. The van der Waals surface area contributed by atoms with Gasteiger partial charge in [0.25, 0.3) is 0 Å². The summed E-state index contributed by atoms with van der Waals surface area (Å²) < 4.78 is 7.53. The van der Waals surface area contributed by atoms with Crippen molar-refractivity contribution in [2.24, 2.45) is 0 Å². The molecule has 0 aliphatic heterocycles. The summed E-state index contributed by atoms with van der Waals surface area (Å²) in [4.78, 5) is 9.31. The topological polar surface area (TPSA) is 39.9 Å². The number of alkyl halides is 1. The predicted octanol–water partition coefficient (Wildman–Crippen LogP) is 4.03. The van der Waals surface area contributed by atoms with E-state index >= 15 is 0 Å². The third-order valence-electron chi connectivity index (χ3n) is 4.49. The SMILES string of the molecule is CCC1(n2c(C(C)Cl)nc3ccc(OC)nc32)CCC1. The predicted molar refractivity (Wildman–Crippen MR) is 80.5 cm³/mol. The second-order valence-electron chi connectivity index (χ2n) is 5.55. The monoisotopic (exact) mass is 293 g/mol. The summed E-state index contributed by atoms with van der Waals surface area (Å²) in [6.07, 6.45) is 4.68. The zero-order valence-corrected chi connectivity index (χ0v) is 12.9. The molecule has 2 heterocycles. The standard InChI is InChI=1S/C15H20ClN3O/c1-4-15(8-5-9-15)19-13(10(2)16)17-11-6-7-12(20-3)18-14(11)19/h6-7,10H,4-5,8-9H2,1-3H3. The molecule has 2 aromatic heterocycles. The van der Waals surface area contributed by atoms with Crippen LogP contribution in [0.25, 0.3) is 11.2 Å². The van der Waals surface area contributed by atoms with Gasteiger partial charge in [-0.05, 0) is 38.7 Å². The smallest absolute Gasteiger partial charge is 0.215 e. The Hall–Kier alpha value is -1.29. The third-order valence-corrected chi connectivity index (χ3v) is 4.68. The molecule has 2 aromatic rings. The van der Waals surface area contributed by atoms with Crippen LogP contribution in [-0.4, -0.2) is 21.6 Å². The molecular formula is C15H20ClN3O. The molecular weight excluding hydrogens is 274 g/mol. The summed E-state index contributed by atoms with van der Waals surface area (Å²) in [5.74, 6) is 1.54. The zero-order valence-electron chi connectivity index (χ0n) is 12.2. The van der Waals surface area contributed by atoms with Gasteiger partial charge < -0.3 is 9.30 Å². The Morgan fingerprint density at radius 1 is 1.40 bits per heavy atom. The molecule has 0 saturated heterocycles. The lowest BCUT2D eigenvalue weighted by Gasteiger charge is -2.43. The second-order valence-corrected chi connectivity index (χ2v) is 6.20. The molecule has 0 bridgehead atoms. The van der Waals surface area contributed by atoms with Crippen LogP contribution < -0.4 is 4.74 Å². The van der Waals surface area contributed by atoms with Gasteiger partial charge in [-0.3, -0.25) is 0 Å². The van der Waals surface area contributed by atoms with Gasteiger partial charge >= 0.3 is 0 Å². The van der Waals surface area contributed by atoms with E-state index in [9.17, 15) is 0 Å². The van der Waals surface area contributed by atoms with Crippen LogP contribution in [0, 0.1) is 0 Å². The molecule has 1 atom stereocenters. The molecule has 1 aliphatic carbocycles. The number of imidazole rings is 1. The Labute approximate surface area is 124 Å². The Kier molecular flexibility index (Phi) is 3.36. The molecule has 0 N–H and O–H groups in total. The first kappa shape index (κ1) is 13.7. The van der Waals surface area contributed by atoms with Crippen molar-refractivity contribution in [1.29, 1.82) is 0 Å². The van der Waals surface area contributed by atoms with E-state index in [0.29, 0.717) is 5.88 Å². The van der Waals surface area contributed by atoms with Crippen molar-refractivity contribution in [3.8, 4) is 5.88 Å². The number of aromatic nitrogens is 3. The Bertz CT molecular complexity index is 626. The molecule has 0 amide bonds. The number of fused-ring (bicyclic) bond motifs is 1. The highest BCUT2D eigenvalue weighted by atomic mass is 35.5. The number of methoxy groups -OCH3 is 1. The molecule has 1 saturated carbocycles. The molecule has 3 rings (SSSR count). The molecule has 0 spiro atoms. The minimum Gasteiger partial charge on any atom is -0.481 e. The van der Waals surface area contributed by atoms with Crippen LogP contribution in [0.1, 0.15) is 50.7 Å². The van der Waals surface area contributed by atoms with E-state index in [1.165, 1.54) is 19.3 Å². The van der Waals surface area contributed by atoms with Crippen molar-refractivity contribution in [2.45, 2.75) is 50.4 Å². The molecule has 108 valence electrons. The van der Waals surface area contributed by atoms with Crippen molar-refractivity contribution < 1.29 is 4.74 Å². The maximum absolute atomic E-state index is 6.36. The van der Waals surface area contributed by atoms with E-state index in [0.717, 1.165) is 23.4 Å². The van der Waals surface area contributed by atoms with E-state index in [-0.39, 0.29) is 10.9 Å². The number of ether oxygens (including phenoxy) is 1. The van der Waals surface area contributed by atoms with Gasteiger partial charge in [0.05, 0.1) is 12.5 Å². The zero-order chi connectivity index (χ0) is 14.3. The largest absolute Gasteiger partial charge is 0.481 e. The summed E-state index contributed by atoms with van der Waals surface area (Å²) >= 11 is 6.36. The van der Waals surface area contributed by atoms with E-state index < -0.39 is 0 Å².